The van der Waals surface area contributed by atoms with E-state index in [0.29, 0.717) is 5.82 Å². The second-order valence-corrected chi connectivity index (χ2v) is 6.81. The largest absolute Gasteiger partial charge is 0.496 e. The van der Waals surface area contributed by atoms with Crippen molar-refractivity contribution in [2.24, 2.45) is 0 Å². The fourth-order valence-electron chi connectivity index (χ4n) is 3.04. The average molecular weight is 378 g/mol. The standard InChI is InChI=1S/C22H26N4O2/c1-15-9-11-18(12-10-15)26-21(13-16(2)25-26)24-22(27)14-23-17(3)19-7-5-6-8-20(19)28-4/h5-13,17,23H,14H2,1-4H3,(H,24,27). The van der Waals surface area contributed by atoms with Crippen molar-refractivity contribution in [1.82, 2.24) is 15.1 Å². The minimum atomic E-state index is -0.130. The van der Waals surface area contributed by atoms with Crippen LogP contribution in [0.1, 0.15) is 29.8 Å². The van der Waals surface area contributed by atoms with Crippen molar-refractivity contribution < 1.29 is 9.53 Å². The Morgan fingerprint density at radius 1 is 1.14 bits per heavy atom. The predicted octanol–water partition coefficient (Wildman–Crippen LogP) is 3.79. The predicted molar refractivity (Wildman–Crippen MR) is 111 cm³/mol. The number of nitrogens with one attached hydrogen (secondary N) is 2. The Kier molecular flexibility index (Phi) is 6.11. The van der Waals surface area contributed by atoms with Crippen LogP contribution in [0.15, 0.2) is 54.6 Å². The van der Waals surface area contributed by atoms with Crippen molar-refractivity contribution in [2.75, 3.05) is 19.0 Å². The van der Waals surface area contributed by atoms with E-state index in [1.807, 2.05) is 75.4 Å². The van der Waals surface area contributed by atoms with Gasteiger partial charge in [-0.15, -0.1) is 0 Å². The van der Waals surface area contributed by atoms with Crippen molar-refractivity contribution >= 4 is 11.7 Å². The highest BCUT2D eigenvalue weighted by molar-refractivity contribution is 5.91. The number of carbonyl (C=O) groups is 1. The fraction of sp³-hybridized carbons (Fsp3) is 0.273. The monoisotopic (exact) mass is 378 g/mol. The van der Waals surface area contributed by atoms with Gasteiger partial charge in [-0.3, -0.25) is 4.79 Å². The molecule has 0 aliphatic carbocycles. The third kappa shape index (κ3) is 4.58. The summed E-state index contributed by atoms with van der Waals surface area (Å²) in [7, 11) is 1.65. The molecule has 3 aromatic rings. The molecule has 6 heteroatoms. The van der Waals surface area contributed by atoms with Gasteiger partial charge in [-0.25, -0.2) is 4.68 Å². The van der Waals surface area contributed by atoms with Gasteiger partial charge < -0.3 is 15.4 Å². The molecule has 1 aromatic heterocycles. The van der Waals surface area contributed by atoms with Crippen LogP contribution in [-0.4, -0.2) is 29.3 Å². The summed E-state index contributed by atoms with van der Waals surface area (Å²) in [6, 6.07) is 17.6. The Bertz CT molecular complexity index is 947. The second kappa shape index (κ2) is 8.71. The molecule has 6 nitrogen and oxygen atoms in total. The summed E-state index contributed by atoms with van der Waals surface area (Å²) in [4.78, 5) is 12.5. The van der Waals surface area contributed by atoms with Gasteiger partial charge in [-0.05, 0) is 39.0 Å². The summed E-state index contributed by atoms with van der Waals surface area (Å²) in [6.45, 7) is 6.13. The number of aromatic nitrogens is 2. The molecule has 2 aromatic carbocycles. The number of aryl methyl sites for hydroxylation is 2. The first-order valence-electron chi connectivity index (χ1n) is 9.28. The topological polar surface area (TPSA) is 68.2 Å². The third-order valence-electron chi connectivity index (χ3n) is 4.55. The van der Waals surface area contributed by atoms with Gasteiger partial charge in [-0.2, -0.15) is 5.10 Å². The second-order valence-electron chi connectivity index (χ2n) is 6.81. The number of rotatable bonds is 7. The zero-order valence-corrected chi connectivity index (χ0v) is 16.7. The lowest BCUT2D eigenvalue weighted by Crippen LogP contribution is -2.30. The summed E-state index contributed by atoms with van der Waals surface area (Å²) in [6.07, 6.45) is 0. The molecule has 0 fully saturated rings. The van der Waals surface area contributed by atoms with E-state index in [2.05, 4.69) is 15.7 Å². The first-order valence-corrected chi connectivity index (χ1v) is 9.28. The van der Waals surface area contributed by atoms with Crippen LogP contribution in [0, 0.1) is 13.8 Å². The number of benzene rings is 2. The maximum Gasteiger partial charge on any atom is 0.239 e. The van der Waals surface area contributed by atoms with Gasteiger partial charge >= 0.3 is 0 Å². The molecule has 0 aliphatic heterocycles. The van der Waals surface area contributed by atoms with Crippen LogP contribution in [0.25, 0.3) is 5.69 Å². The first-order chi connectivity index (χ1) is 13.5. The smallest absolute Gasteiger partial charge is 0.239 e. The Morgan fingerprint density at radius 2 is 1.86 bits per heavy atom. The molecule has 2 N–H and O–H groups in total. The molecule has 146 valence electrons. The zero-order chi connectivity index (χ0) is 20.1. The van der Waals surface area contributed by atoms with Crippen LogP contribution >= 0.6 is 0 Å². The van der Waals surface area contributed by atoms with Crippen LogP contribution in [0.4, 0.5) is 5.82 Å². The fourth-order valence-corrected chi connectivity index (χ4v) is 3.04. The molecule has 0 bridgehead atoms. The molecule has 1 unspecified atom stereocenters. The van der Waals surface area contributed by atoms with E-state index in [4.69, 9.17) is 4.74 Å². The third-order valence-corrected chi connectivity index (χ3v) is 4.55. The number of amides is 1. The highest BCUT2D eigenvalue weighted by Gasteiger charge is 2.14. The van der Waals surface area contributed by atoms with E-state index in [-0.39, 0.29) is 18.5 Å². The Labute approximate surface area is 165 Å². The molecular weight excluding hydrogens is 352 g/mol. The lowest BCUT2D eigenvalue weighted by molar-refractivity contribution is -0.115. The molecule has 0 aliphatic rings. The van der Waals surface area contributed by atoms with Gasteiger partial charge in [-0.1, -0.05) is 35.9 Å². The molecule has 3 rings (SSSR count). The normalized spacial score (nSPS) is 11.9. The van der Waals surface area contributed by atoms with Crippen LogP contribution in [-0.2, 0) is 4.79 Å². The van der Waals surface area contributed by atoms with Gasteiger partial charge in [0.05, 0.1) is 25.0 Å². The number of nitrogens with zero attached hydrogens (tertiary/aromatic N) is 2. The molecule has 1 atom stereocenters. The van der Waals surface area contributed by atoms with Crippen LogP contribution in [0.2, 0.25) is 0 Å². The molecular formula is C22H26N4O2. The maximum absolute atomic E-state index is 12.5. The van der Waals surface area contributed by atoms with Crippen molar-refractivity contribution in [2.45, 2.75) is 26.8 Å². The van der Waals surface area contributed by atoms with E-state index in [0.717, 1.165) is 22.7 Å². The van der Waals surface area contributed by atoms with Gasteiger partial charge in [0, 0.05) is 17.7 Å². The van der Waals surface area contributed by atoms with E-state index in [9.17, 15) is 4.79 Å². The van der Waals surface area contributed by atoms with Gasteiger partial charge in [0.2, 0.25) is 5.91 Å². The van der Waals surface area contributed by atoms with E-state index >= 15 is 0 Å². The van der Waals surface area contributed by atoms with Gasteiger partial charge in [0.25, 0.3) is 0 Å². The van der Waals surface area contributed by atoms with Crippen LogP contribution in [0.5, 0.6) is 5.75 Å². The summed E-state index contributed by atoms with van der Waals surface area (Å²) in [5.74, 6) is 1.32. The van der Waals surface area contributed by atoms with E-state index in [1.165, 1.54) is 5.56 Å². The van der Waals surface area contributed by atoms with Crippen molar-refractivity contribution in [3.05, 3.63) is 71.4 Å². The summed E-state index contributed by atoms with van der Waals surface area (Å²) >= 11 is 0. The van der Waals surface area contributed by atoms with E-state index < -0.39 is 0 Å². The lowest BCUT2D eigenvalue weighted by Gasteiger charge is -2.17. The number of carbonyl (C=O) groups excluding carboxylic acids is 1. The molecule has 28 heavy (non-hydrogen) atoms. The molecule has 1 amide bonds. The first kappa shape index (κ1) is 19.6. The summed E-state index contributed by atoms with van der Waals surface area (Å²) < 4.78 is 7.14. The lowest BCUT2D eigenvalue weighted by atomic mass is 10.1. The number of anilines is 1. The summed E-state index contributed by atoms with van der Waals surface area (Å²) in [5, 5.41) is 10.7. The Hall–Kier alpha value is -3.12. The minimum Gasteiger partial charge on any atom is -0.496 e. The number of para-hydroxylation sites is 1. The quantitative estimate of drug-likeness (QED) is 0.656. The van der Waals surface area contributed by atoms with Gasteiger partial charge in [0.1, 0.15) is 11.6 Å². The molecule has 1 heterocycles. The highest BCUT2D eigenvalue weighted by atomic mass is 16.5. The Morgan fingerprint density at radius 3 is 2.57 bits per heavy atom. The number of hydrogen-bond acceptors (Lipinski definition) is 4. The maximum atomic E-state index is 12.5. The highest BCUT2D eigenvalue weighted by Crippen LogP contribution is 2.24. The number of hydrogen-bond donors (Lipinski definition) is 2. The molecule has 0 radical (unpaired) electrons. The van der Waals surface area contributed by atoms with Gasteiger partial charge in [0.15, 0.2) is 0 Å². The minimum absolute atomic E-state index is 0.0226. The number of methoxy groups -OCH3 is 1. The van der Waals surface area contributed by atoms with Crippen molar-refractivity contribution in [3.8, 4) is 11.4 Å². The van der Waals surface area contributed by atoms with Crippen molar-refractivity contribution in [3.63, 3.8) is 0 Å². The molecule has 0 spiro atoms. The Balaban J connectivity index is 1.66. The molecule has 0 saturated heterocycles. The summed E-state index contributed by atoms with van der Waals surface area (Å²) in [5.41, 5.74) is 3.93. The SMILES string of the molecule is COc1ccccc1C(C)NCC(=O)Nc1cc(C)nn1-c1ccc(C)cc1. The zero-order valence-electron chi connectivity index (χ0n) is 16.7. The average Bonchev–Trinajstić information content (AvgIpc) is 3.06. The van der Waals surface area contributed by atoms with Crippen LogP contribution < -0.4 is 15.4 Å². The van der Waals surface area contributed by atoms with Crippen LogP contribution in [0.3, 0.4) is 0 Å². The number of ether oxygens (including phenoxy) is 1. The van der Waals surface area contributed by atoms with E-state index in [1.54, 1.807) is 11.8 Å². The molecule has 0 saturated carbocycles. The van der Waals surface area contributed by atoms with Crippen molar-refractivity contribution in [1.29, 1.82) is 0 Å².